The van der Waals surface area contributed by atoms with Crippen molar-refractivity contribution in [3.05, 3.63) is 39.6 Å². The first kappa shape index (κ1) is 19.6. The highest BCUT2D eigenvalue weighted by Gasteiger charge is 2.29. The zero-order valence-corrected chi connectivity index (χ0v) is 16.8. The van der Waals surface area contributed by atoms with Gasteiger partial charge in [-0.2, -0.15) is 4.98 Å². The number of hydrogen-bond acceptors (Lipinski definition) is 8. The van der Waals surface area contributed by atoms with Crippen LogP contribution in [-0.2, 0) is 25.4 Å². The molecule has 1 amide bonds. The molecule has 0 N–H and O–H groups in total. The molecule has 1 unspecified atom stereocenters. The first-order valence-corrected chi connectivity index (χ1v) is 9.30. The maximum absolute atomic E-state index is 12.8. The van der Waals surface area contributed by atoms with Gasteiger partial charge in [0.05, 0.1) is 32.4 Å². The summed E-state index contributed by atoms with van der Waals surface area (Å²) in [6.45, 7) is 0.848. The van der Waals surface area contributed by atoms with Gasteiger partial charge in [-0.3, -0.25) is 23.7 Å². The molecule has 30 heavy (non-hydrogen) atoms. The van der Waals surface area contributed by atoms with Crippen molar-refractivity contribution >= 4 is 17.1 Å². The molecule has 12 heteroatoms. The number of rotatable bonds is 5. The van der Waals surface area contributed by atoms with Crippen LogP contribution in [-0.4, -0.2) is 65.8 Å². The van der Waals surface area contributed by atoms with E-state index in [0.717, 1.165) is 4.57 Å². The predicted octanol–water partition coefficient (Wildman–Crippen LogP) is -1.09. The third kappa shape index (κ3) is 3.40. The molecule has 158 valence electrons. The average molecular weight is 415 g/mol. The normalized spacial score (nSPS) is 16.2. The van der Waals surface area contributed by atoms with Crippen LogP contribution >= 0.6 is 0 Å². The van der Waals surface area contributed by atoms with E-state index in [0.29, 0.717) is 31.3 Å². The Balaban J connectivity index is 1.48. The van der Waals surface area contributed by atoms with Crippen molar-refractivity contribution in [2.45, 2.75) is 19.1 Å². The molecule has 0 radical (unpaired) electrons. The van der Waals surface area contributed by atoms with Crippen LogP contribution in [0.15, 0.2) is 28.3 Å². The number of carbonyl (C=O) groups is 1. The number of likely N-dealkylation sites (tertiary alicyclic amines) is 1. The Bertz CT molecular complexity index is 1230. The smallest absolute Gasteiger partial charge is 0.332 e. The number of aromatic nitrogens is 6. The fourth-order valence-electron chi connectivity index (χ4n) is 3.47. The van der Waals surface area contributed by atoms with Gasteiger partial charge >= 0.3 is 5.69 Å². The van der Waals surface area contributed by atoms with Crippen molar-refractivity contribution in [3.63, 3.8) is 0 Å². The third-order valence-corrected chi connectivity index (χ3v) is 5.11. The largest absolute Gasteiger partial charge is 0.480 e. The molecule has 1 fully saturated rings. The van der Waals surface area contributed by atoms with Crippen molar-refractivity contribution in [1.29, 1.82) is 0 Å². The molecule has 3 aromatic rings. The highest BCUT2D eigenvalue weighted by atomic mass is 16.5. The number of hydrogen-bond donors (Lipinski definition) is 0. The first-order chi connectivity index (χ1) is 14.4. The van der Waals surface area contributed by atoms with Crippen LogP contribution in [0.4, 0.5) is 0 Å². The topological polar surface area (TPSA) is 126 Å². The Morgan fingerprint density at radius 2 is 1.97 bits per heavy atom. The number of amides is 1. The monoisotopic (exact) mass is 415 g/mol. The van der Waals surface area contributed by atoms with Crippen LogP contribution in [0.1, 0.15) is 6.42 Å². The average Bonchev–Trinajstić information content (AvgIpc) is 3.38. The molecule has 0 aliphatic carbocycles. The Morgan fingerprint density at radius 3 is 2.73 bits per heavy atom. The lowest BCUT2D eigenvalue weighted by atomic mass is 10.3. The van der Waals surface area contributed by atoms with Crippen LogP contribution in [0, 0.1) is 0 Å². The summed E-state index contributed by atoms with van der Waals surface area (Å²) in [4.78, 5) is 51.3. The Hall–Kier alpha value is -3.70. The molecule has 1 aliphatic heterocycles. The van der Waals surface area contributed by atoms with E-state index in [1.807, 2.05) is 0 Å². The summed E-state index contributed by atoms with van der Waals surface area (Å²) in [6.07, 6.45) is 4.80. The van der Waals surface area contributed by atoms with E-state index in [4.69, 9.17) is 9.47 Å². The quantitative estimate of drug-likeness (QED) is 0.515. The van der Waals surface area contributed by atoms with E-state index in [-0.39, 0.29) is 29.7 Å². The highest BCUT2D eigenvalue weighted by Crippen LogP contribution is 2.18. The van der Waals surface area contributed by atoms with E-state index >= 15 is 0 Å². The molecule has 1 saturated heterocycles. The second-order valence-corrected chi connectivity index (χ2v) is 7.02. The number of fused-ring (bicyclic) bond motifs is 1. The van der Waals surface area contributed by atoms with E-state index in [2.05, 4.69) is 15.0 Å². The summed E-state index contributed by atoms with van der Waals surface area (Å²) in [7, 11) is 4.43. The van der Waals surface area contributed by atoms with Crippen LogP contribution < -0.4 is 20.7 Å². The Kier molecular flexibility index (Phi) is 4.98. The summed E-state index contributed by atoms with van der Waals surface area (Å²) in [6, 6.07) is 0. The van der Waals surface area contributed by atoms with Gasteiger partial charge in [-0.15, -0.1) is 0 Å². The van der Waals surface area contributed by atoms with Gasteiger partial charge in [-0.1, -0.05) is 0 Å². The minimum Gasteiger partial charge on any atom is -0.480 e. The molecule has 0 bridgehead atoms. The molecule has 3 aromatic heterocycles. The van der Waals surface area contributed by atoms with Crippen LogP contribution in [0.2, 0.25) is 0 Å². The molecule has 12 nitrogen and oxygen atoms in total. The summed E-state index contributed by atoms with van der Waals surface area (Å²) < 4.78 is 14.6. The fourth-order valence-corrected chi connectivity index (χ4v) is 3.47. The van der Waals surface area contributed by atoms with Crippen LogP contribution in [0.3, 0.4) is 0 Å². The van der Waals surface area contributed by atoms with Crippen molar-refractivity contribution in [1.82, 2.24) is 33.6 Å². The standard InChI is InChI=1S/C18H21N7O5/c1-22-16-15(17(27)23(2)18(22)28)25(10-20-16)9-14(26)24-5-4-11(8-24)30-13-7-19-6-12(21-13)29-3/h6-7,10-11H,4-5,8-9H2,1-3H3. The Labute approximate surface area is 170 Å². The van der Waals surface area contributed by atoms with Gasteiger partial charge in [-0.05, 0) is 0 Å². The molecule has 1 atom stereocenters. The van der Waals surface area contributed by atoms with Gasteiger partial charge in [0, 0.05) is 27.1 Å². The second-order valence-electron chi connectivity index (χ2n) is 7.02. The highest BCUT2D eigenvalue weighted by molar-refractivity contribution is 5.79. The number of imidazole rings is 1. The number of carbonyl (C=O) groups excluding carboxylic acids is 1. The predicted molar refractivity (Wildman–Crippen MR) is 104 cm³/mol. The Morgan fingerprint density at radius 1 is 1.20 bits per heavy atom. The van der Waals surface area contributed by atoms with E-state index in [1.165, 1.54) is 49.1 Å². The van der Waals surface area contributed by atoms with E-state index in [1.54, 1.807) is 4.90 Å². The van der Waals surface area contributed by atoms with Crippen LogP contribution in [0.25, 0.3) is 11.2 Å². The molecule has 4 rings (SSSR count). The first-order valence-electron chi connectivity index (χ1n) is 9.30. The van der Waals surface area contributed by atoms with Crippen molar-refractivity contribution in [2.75, 3.05) is 20.2 Å². The van der Waals surface area contributed by atoms with Crippen molar-refractivity contribution in [2.24, 2.45) is 14.1 Å². The minimum absolute atomic E-state index is 0.0599. The van der Waals surface area contributed by atoms with Crippen molar-refractivity contribution in [3.8, 4) is 11.8 Å². The number of aryl methyl sites for hydroxylation is 1. The van der Waals surface area contributed by atoms with Crippen molar-refractivity contribution < 1.29 is 14.3 Å². The summed E-state index contributed by atoms with van der Waals surface area (Å²) in [5, 5.41) is 0. The number of methoxy groups -OCH3 is 1. The molecular formula is C18H21N7O5. The SMILES string of the molecule is COc1cncc(OC2CCN(C(=O)Cn3cnc4c3c(=O)n(C)c(=O)n4C)C2)n1. The van der Waals surface area contributed by atoms with Crippen LogP contribution in [0.5, 0.6) is 11.8 Å². The lowest BCUT2D eigenvalue weighted by molar-refractivity contribution is -0.131. The van der Waals surface area contributed by atoms with E-state index in [9.17, 15) is 14.4 Å². The summed E-state index contributed by atoms with van der Waals surface area (Å²) in [5.41, 5.74) is -0.497. The lowest BCUT2D eigenvalue weighted by Gasteiger charge is -2.17. The van der Waals surface area contributed by atoms with Gasteiger partial charge in [0.25, 0.3) is 5.56 Å². The molecule has 0 saturated carbocycles. The van der Waals surface area contributed by atoms with E-state index < -0.39 is 11.2 Å². The summed E-state index contributed by atoms with van der Waals surface area (Å²) >= 11 is 0. The lowest BCUT2D eigenvalue weighted by Crippen LogP contribution is -2.38. The number of ether oxygens (including phenoxy) is 2. The van der Waals surface area contributed by atoms with Gasteiger partial charge in [-0.25, -0.2) is 9.78 Å². The molecule has 1 aliphatic rings. The fraction of sp³-hybridized carbons (Fsp3) is 0.444. The second kappa shape index (κ2) is 7.61. The molecule has 0 spiro atoms. The molecule has 0 aromatic carbocycles. The van der Waals surface area contributed by atoms with Gasteiger partial charge in [0.1, 0.15) is 12.6 Å². The van der Waals surface area contributed by atoms with Gasteiger partial charge in [0.2, 0.25) is 17.7 Å². The third-order valence-electron chi connectivity index (χ3n) is 5.11. The molecule has 4 heterocycles. The zero-order chi connectivity index (χ0) is 21.4. The number of nitrogens with zero attached hydrogens (tertiary/aromatic N) is 7. The molecular weight excluding hydrogens is 394 g/mol. The van der Waals surface area contributed by atoms with Gasteiger partial charge in [0.15, 0.2) is 11.2 Å². The maximum atomic E-state index is 12.8. The van der Waals surface area contributed by atoms with Gasteiger partial charge < -0.3 is 18.9 Å². The minimum atomic E-state index is -0.488. The maximum Gasteiger partial charge on any atom is 0.332 e. The summed E-state index contributed by atoms with van der Waals surface area (Å²) in [5.74, 6) is 0.507. The zero-order valence-electron chi connectivity index (χ0n) is 16.8.